The quantitative estimate of drug-likeness (QED) is 0.365. The second-order valence-corrected chi connectivity index (χ2v) is 7.61. The van der Waals surface area contributed by atoms with E-state index in [1.54, 1.807) is 24.3 Å². The van der Waals surface area contributed by atoms with Crippen molar-refractivity contribution >= 4 is 23.1 Å². The van der Waals surface area contributed by atoms with Crippen molar-refractivity contribution < 1.29 is 24.2 Å². The van der Waals surface area contributed by atoms with Gasteiger partial charge in [-0.25, -0.2) is 4.39 Å². The maximum atomic E-state index is 13.4. The van der Waals surface area contributed by atoms with E-state index in [9.17, 15) is 24.2 Å². The number of aliphatic hydroxyl groups excluding tert-OH is 1. The van der Waals surface area contributed by atoms with Crippen LogP contribution >= 0.6 is 0 Å². The predicted molar refractivity (Wildman–Crippen MR) is 115 cm³/mol. The third-order valence-electron chi connectivity index (χ3n) is 5.26. The van der Waals surface area contributed by atoms with E-state index in [1.165, 1.54) is 41.3 Å². The molecule has 0 aliphatic carbocycles. The summed E-state index contributed by atoms with van der Waals surface area (Å²) in [5.41, 5.74) is 3.03. The molecule has 31 heavy (non-hydrogen) atoms. The van der Waals surface area contributed by atoms with Crippen LogP contribution in [0.5, 0.6) is 5.75 Å². The highest BCUT2D eigenvalue weighted by molar-refractivity contribution is 6.51. The van der Waals surface area contributed by atoms with Crippen LogP contribution in [0.3, 0.4) is 0 Å². The van der Waals surface area contributed by atoms with Gasteiger partial charge in [-0.1, -0.05) is 18.2 Å². The second-order valence-electron chi connectivity index (χ2n) is 7.61. The van der Waals surface area contributed by atoms with Crippen LogP contribution in [0.2, 0.25) is 0 Å². The summed E-state index contributed by atoms with van der Waals surface area (Å²) in [5, 5.41) is 20.7. The minimum Gasteiger partial charge on any atom is -0.508 e. The Bertz CT molecular complexity index is 1190. The van der Waals surface area contributed by atoms with Crippen molar-refractivity contribution in [3.8, 4) is 5.75 Å². The first kappa shape index (κ1) is 20.3. The highest BCUT2D eigenvalue weighted by Gasteiger charge is 2.47. The van der Waals surface area contributed by atoms with Crippen LogP contribution in [0.1, 0.15) is 28.3 Å². The van der Waals surface area contributed by atoms with Crippen LogP contribution in [0.15, 0.2) is 72.3 Å². The number of amides is 1. The summed E-state index contributed by atoms with van der Waals surface area (Å²) in [4.78, 5) is 27.5. The summed E-state index contributed by atoms with van der Waals surface area (Å²) in [7, 11) is 0. The first-order valence-corrected chi connectivity index (χ1v) is 9.70. The molecule has 3 aromatic rings. The first-order valence-electron chi connectivity index (χ1n) is 9.70. The summed E-state index contributed by atoms with van der Waals surface area (Å²) in [6.07, 6.45) is 0. The van der Waals surface area contributed by atoms with Gasteiger partial charge in [-0.2, -0.15) is 0 Å². The van der Waals surface area contributed by atoms with E-state index in [0.29, 0.717) is 11.3 Å². The number of carbonyl (C=O) groups is 2. The number of aromatic hydroxyl groups is 1. The lowest BCUT2D eigenvalue weighted by Gasteiger charge is -2.26. The van der Waals surface area contributed by atoms with Crippen LogP contribution in [0.4, 0.5) is 10.1 Å². The molecule has 0 bridgehead atoms. The molecule has 1 aliphatic rings. The van der Waals surface area contributed by atoms with E-state index in [4.69, 9.17) is 0 Å². The largest absolute Gasteiger partial charge is 0.508 e. The number of phenolic OH excluding ortho intramolecular Hbond substituents is 1. The van der Waals surface area contributed by atoms with Crippen LogP contribution in [-0.4, -0.2) is 21.9 Å². The molecule has 156 valence electrons. The number of Topliss-reactive ketones (excluding diaryl/α,β-unsaturated/α-hetero) is 1. The molecule has 0 spiro atoms. The van der Waals surface area contributed by atoms with Gasteiger partial charge in [-0.15, -0.1) is 0 Å². The Labute approximate surface area is 178 Å². The Morgan fingerprint density at radius 3 is 2.06 bits per heavy atom. The maximum absolute atomic E-state index is 13.4. The molecule has 0 aromatic heterocycles. The molecule has 4 rings (SSSR count). The van der Waals surface area contributed by atoms with E-state index >= 15 is 0 Å². The van der Waals surface area contributed by atoms with Gasteiger partial charge in [0.15, 0.2) is 0 Å². The van der Waals surface area contributed by atoms with E-state index in [-0.39, 0.29) is 22.6 Å². The Morgan fingerprint density at radius 1 is 0.903 bits per heavy atom. The molecule has 1 aliphatic heterocycles. The Morgan fingerprint density at radius 2 is 1.48 bits per heavy atom. The lowest BCUT2D eigenvalue weighted by atomic mass is 9.95. The van der Waals surface area contributed by atoms with Gasteiger partial charge in [0.05, 0.1) is 11.6 Å². The molecule has 1 saturated heterocycles. The third kappa shape index (κ3) is 3.68. The first-order chi connectivity index (χ1) is 14.8. The van der Waals surface area contributed by atoms with Gasteiger partial charge in [0, 0.05) is 11.3 Å². The molecule has 1 amide bonds. The molecular formula is C25H20FNO4. The van der Waals surface area contributed by atoms with Gasteiger partial charge in [-0.05, 0) is 79.1 Å². The number of halogens is 1. The van der Waals surface area contributed by atoms with E-state index in [1.807, 2.05) is 19.9 Å². The number of aryl methyl sites for hydroxylation is 2. The smallest absolute Gasteiger partial charge is 0.300 e. The summed E-state index contributed by atoms with van der Waals surface area (Å²) in [6, 6.07) is 15.8. The van der Waals surface area contributed by atoms with E-state index < -0.39 is 23.5 Å². The SMILES string of the molecule is Cc1cc(C)cc(N2C(=O)C(=O)/C(=C(/O)c3ccc(F)cc3)C2c2ccc(O)cc2)c1. The molecule has 6 heteroatoms. The zero-order valence-corrected chi connectivity index (χ0v) is 17.0. The Kier molecular flexibility index (Phi) is 5.07. The van der Waals surface area contributed by atoms with E-state index in [2.05, 4.69) is 0 Å². The summed E-state index contributed by atoms with van der Waals surface area (Å²) < 4.78 is 13.4. The minimum atomic E-state index is -0.910. The average Bonchev–Trinajstić information content (AvgIpc) is 2.99. The molecule has 2 N–H and O–H groups in total. The summed E-state index contributed by atoms with van der Waals surface area (Å²) >= 11 is 0. The standard InChI is InChI=1S/C25H20FNO4/c1-14-11-15(2)13-19(12-14)27-22(16-5-9-20(28)10-6-16)21(24(30)25(27)31)23(29)17-3-7-18(26)8-4-17/h3-13,22,28-29H,1-2H3/b23-21+. The number of hydrogen-bond acceptors (Lipinski definition) is 4. The minimum absolute atomic E-state index is 0.0330. The number of nitrogens with zero attached hydrogens (tertiary/aromatic N) is 1. The normalized spacial score (nSPS) is 17.9. The van der Waals surface area contributed by atoms with Crippen molar-refractivity contribution in [2.24, 2.45) is 0 Å². The van der Waals surface area contributed by atoms with Crippen molar-refractivity contribution in [1.82, 2.24) is 0 Å². The summed E-state index contributed by atoms with van der Waals surface area (Å²) in [6.45, 7) is 3.78. The maximum Gasteiger partial charge on any atom is 0.300 e. The molecule has 1 atom stereocenters. The zero-order chi connectivity index (χ0) is 22.3. The number of aliphatic hydroxyl groups is 1. The molecule has 1 heterocycles. The lowest BCUT2D eigenvalue weighted by Crippen LogP contribution is -2.29. The number of carbonyl (C=O) groups excluding carboxylic acids is 2. The van der Waals surface area contributed by atoms with Crippen LogP contribution < -0.4 is 4.90 Å². The second kappa shape index (κ2) is 7.72. The monoisotopic (exact) mass is 417 g/mol. The lowest BCUT2D eigenvalue weighted by molar-refractivity contribution is -0.132. The van der Waals surface area contributed by atoms with Crippen molar-refractivity contribution in [1.29, 1.82) is 0 Å². The van der Waals surface area contributed by atoms with Crippen molar-refractivity contribution in [3.63, 3.8) is 0 Å². The number of ketones is 1. The summed E-state index contributed by atoms with van der Waals surface area (Å²) in [5.74, 6) is -2.44. The molecule has 1 fully saturated rings. The number of rotatable bonds is 3. The van der Waals surface area contributed by atoms with Crippen molar-refractivity contribution in [3.05, 3.63) is 100 Å². The third-order valence-corrected chi connectivity index (χ3v) is 5.26. The molecule has 0 radical (unpaired) electrons. The Balaban J connectivity index is 1.96. The number of phenols is 1. The number of hydrogen-bond donors (Lipinski definition) is 2. The average molecular weight is 417 g/mol. The molecule has 5 nitrogen and oxygen atoms in total. The topological polar surface area (TPSA) is 77.8 Å². The highest BCUT2D eigenvalue weighted by Crippen LogP contribution is 2.42. The van der Waals surface area contributed by atoms with Crippen LogP contribution in [0.25, 0.3) is 5.76 Å². The molecule has 1 unspecified atom stereocenters. The predicted octanol–water partition coefficient (Wildman–Crippen LogP) is 4.77. The van der Waals surface area contributed by atoms with Gasteiger partial charge < -0.3 is 10.2 Å². The molecule has 0 saturated carbocycles. The van der Waals surface area contributed by atoms with Crippen molar-refractivity contribution in [2.45, 2.75) is 19.9 Å². The van der Waals surface area contributed by atoms with Gasteiger partial charge >= 0.3 is 0 Å². The number of anilines is 1. The van der Waals surface area contributed by atoms with Gasteiger partial charge in [-0.3, -0.25) is 14.5 Å². The molecule has 3 aromatic carbocycles. The van der Waals surface area contributed by atoms with Crippen molar-refractivity contribution in [2.75, 3.05) is 4.90 Å². The fourth-order valence-corrected chi connectivity index (χ4v) is 3.92. The Hall–Kier alpha value is -3.93. The zero-order valence-electron chi connectivity index (χ0n) is 17.0. The number of benzene rings is 3. The van der Waals surface area contributed by atoms with Gasteiger partial charge in [0.2, 0.25) is 0 Å². The van der Waals surface area contributed by atoms with E-state index in [0.717, 1.165) is 11.1 Å². The fourth-order valence-electron chi connectivity index (χ4n) is 3.92. The highest BCUT2D eigenvalue weighted by atomic mass is 19.1. The van der Waals surface area contributed by atoms with Crippen LogP contribution in [0, 0.1) is 19.7 Å². The van der Waals surface area contributed by atoms with Crippen LogP contribution in [-0.2, 0) is 9.59 Å². The molecular weight excluding hydrogens is 397 g/mol. The van der Waals surface area contributed by atoms with Gasteiger partial charge in [0.1, 0.15) is 17.3 Å². The van der Waals surface area contributed by atoms with Gasteiger partial charge in [0.25, 0.3) is 11.7 Å². The fraction of sp³-hybridized carbons (Fsp3) is 0.120.